The van der Waals surface area contributed by atoms with E-state index in [9.17, 15) is 0 Å². The molecule has 0 aromatic rings. The van der Waals surface area contributed by atoms with Crippen LogP contribution in [0.2, 0.25) is 0 Å². The summed E-state index contributed by atoms with van der Waals surface area (Å²) in [6, 6.07) is 0. The van der Waals surface area contributed by atoms with E-state index in [1.807, 2.05) is 0 Å². The van der Waals surface area contributed by atoms with E-state index in [2.05, 4.69) is 13.8 Å². The summed E-state index contributed by atoms with van der Waals surface area (Å²) in [4.78, 5) is -0.0835. The summed E-state index contributed by atoms with van der Waals surface area (Å²) in [5, 5.41) is 0. The maximum atomic E-state index is 6.50. The second kappa shape index (κ2) is 2.54. The lowest BCUT2D eigenvalue weighted by Gasteiger charge is -2.63. The van der Waals surface area contributed by atoms with Crippen LogP contribution in [0.5, 0.6) is 0 Å². The van der Waals surface area contributed by atoms with Gasteiger partial charge in [-0.3, -0.25) is 0 Å². The smallest absolute Gasteiger partial charge is 0.0615 e. The molecule has 2 heteroatoms. The minimum Gasteiger partial charge on any atom is -0.125 e. The van der Waals surface area contributed by atoms with Crippen molar-refractivity contribution in [1.82, 2.24) is 0 Å². The van der Waals surface area contributed by atoms with Gasteiger partial charge >= 0.3 is 0 Å². The highest BCUT2D eigenvalue weighted by atomic mass is 35.5. The molecular formula is C10H16Cl2. The van der Waals surface area contributed by atoms with Gasteiger partial charge in [0.15, 0.2) is 0 Å². The fraction of sp³-hybridized carbons (Fsp3) is 1.00. The van der Waals surface area contributed by atoms with Gasteiger partial charge in [-0.15, -0.1) is 23.2 Å². The molecule has 0 radical (unpaired) electrons. The van der Waals surface area contributed by atoms with Crippen molar-refractivity contribution in [2.45, 2.75) is 38.0 Å². The fourth-order valence-corrected chi connectivity index (χ4v) is 3.93. The summed E-state index contributed by atoms with van der Waals surface area (Å²) in [7, 11) is 0. The van der Waals surface area contributed by atoms with E-state index in [4.69, 9.17) is 23.2 Å². The maximum Gasteiger partial charge on any atom is 0.0615 e. The zero-order valence-electron chi connectivity index (χ0n) is 7.74. The van der Waals surface area contributed by atoms with Crippen LogP contribution >= 0.6 is 23.2 Å². The van der Waals surface area contributed by atoms with Crippen LogP contribution in [-0.4, -0.2) is 10.8 Å². The Morgan fingerprint density at radius 1 is 1.42 bits per heavy atom. The Hall–Kier alpha value is 0.580. The SMILES string of the molecule is CC1(C)C2CCC(Cl)(CCl)C1C2. The minimum absolute atomic E-state index is 0.0835. The van der Waals surface area contributed by atoms with Crippen molar-refractivity contribution in [3.63, 3.8) is 0 Å². The van der Waals surface area contributed by atoms with Gasteiger partial charge in [0.05, 0.1) is 4.87 Å². The standard InChI is InChI=1S/C10H16Cl2/c1-9(2)7-3-4-10(12,6-11)8(9)5-7/h7-8H,3-6H2,1-2H3. The summed E-state index contributed by atoms with van der Waals surface area (Å²) < 4.78 is 0. The van der Waals surface area contributed by atoms with E-state index >= 15 is 0 Å². The maximum absolute atomic E-state index is 6.50. The van der Waals surface area contributed by atoms with Gasteiger partial charge < -0.3 is 0 Å². The Labute approximate surface area is 84.6 Å². The Morgan fingerprint density at radius 3 is 2.42 bits per heavy atom. The van der Waals surface area contributed by atoms with Crippen LogP contribution in [0.15, 0.2) is 0 Å². The summed E-state index contributed by atoms with van der Waals surface area (Å²) in [6.45, 7) is 4.68. The van der Waals surface area contributed by atoms with Crippen molar-refractivity contribution in [3.8, 4) is 0 Å². The molecule has 0 amide bonds. The molecule has 12 heavy (non-hydrogen) atoms. The molecule has 3 aliphatic rings. The Balaban J connectivity index is 2.21. The van der Waals surface area contributed by atoms with Gasteiger partial charge in [-0.1, -0.05) is 13.8 Å². The fourth-order valence-electron chi connectivity index (χ4n) is 3.13. The first-order valence-corrected chi connectivity index (χ1v) is 5.67. The molecule has 0 spiro atoms. The van der Waals surface area contributed by atoms with Crippen molar-refractivity contribution >= 4 is 23.2 Å². The molecule has 0 heterocycles. The van der Waals surface area contributed by atoms with E-state index in [1.165, 1.54) is 12.8 Å². The van der Waals surface area contributed by atoms with Crippen LogP contribution in [0.25, 0.3) is 0 Å². The molecule has 3 rings (SSSR count). The third kappa shape index (κ3) is 0.974. The third-order valence-electron chi connectivity index (χ3n) is 4.23. The van der Waals surface area contributed by atoms with Gasteiger partial charge in [-0.05, 0) is 36.5 Å². The minimum atomic E-state index is -0.0835. The Kier molecular flexibility index (Phi) is 1.94. The van der Waals surface area contributed by atoms with Crippen LogP contribution in [0.4, 0.5) is 0 Å². The number of hydrogen-bond acceptors (Lipinski definition) is 0. The number of halogens is 2. The van der Waals surface area contributed by atoms with Gasteiger partial charge in [0, 0.05) is 5.88 Å². The lowest BCUT2D eigenvalue weighted by Crippen LogP contribution is -2.59. The zero-order chi connectivity index (χ0) is 8.98. The second-order valence-corrected chi connectivity index (χ2v) is 6.03. The summed E-state index contributed by atoms with van der Waals surface area (Å²) >= 11 is 12.4. The molecule has 0 aliphatic heterocycles. The van der Waals surface area contributed by atoms with Crippen LogP contribution in [-0.2, 0) is 0 Å². The van der Waals surface area contributed by atoms with E-state index < -0.39 is 0 Å². The predicted octanol–water partition coefficient (Wildman–Crippen LogP) is 3.66. The number of rotatable bonds is 1. The van der Waals surface area contributed by atoms with Gasteiger partial charge in [-0.2, -0.15) is 0 Å². The highest BCUT2D eigenvalue weighted by molar-refractivity contribution is 6.31. The van der Waals surface area contributed by atoms with Crippen LogP contribution < -0.4 is 0 Å². The molecule has 3 saturated carbocycles. The molecule has 0 nitrogen and oxygen atoms in total. The molecular weight excluding hydrogens is 191 g/mol. The van der Waals surface area contributed by atoms with Crippen molar-refractivity contribution in [3.05, 3.63) is 0 Å². The summed E-state index contributed by atoms with van der Waals surface area (Å²) in [6.07, 6.45) is 3.71. The molecule has 0 N–H and O–H groups in total. The van der Waals surface area contributed by atoms with Gasteiger partial charge in [0.25, 0.3) is 0 Å². The lowest BCUT2D eigenvalue weighted by atomic mass is 9.45. The first-order valence-electron chi connectivity index (χ1n) is 4.75. The third-order valence-corrected chi connectivity index (χ3v) is 5.43. The average molecular weight is 207 g/mol. The van der Waals surface area contributed by atoms with E-state index in [0.29, 0.717) is 17.2 Å². The van der Waals surface area contributed by atoms with Crippen molar-refractivity contribution < 1.29 is 0 Å². The average Bonchev–Trinajstić information content (AvgIpc) is 2.04. The molecule has 0 aromatic heterocycles. The van der Waals surface area contributed by atoms with E-state index in [1.54, 1.807) is 0 Å². The summed E-state index contributed by atoms with van der Waals surface area (Å²) in [5.41, 5.74) is 0.453. The lowest BCUT2D eigenvalue weighted by molar-refractivity contribution is -0.0866. The normalized spacial score (nSPS) is 50.0. The van der Waals surface area contributed by atoms with Crippen molar-refractivity contribution in [2.75, 3.05) is 5.88 Å². The van der Waals surface area contributed by atoms with Crippen molar-refractivity contribution in [1.29, 1.82) is 0 Å². The van der Waals surface area contributed by atoms with E-state index in [0.717, 1.165) is 12.3 Å². The molecule has 2 bridgehead atoms. The largest absolute Gasteiger partial charge is 0.125 e. The summed E-state index contributed by atoms with van der Waals surface area (Å²) in [5.74, 6) is 2.19. The van der Waals surface area contributed by atoms with E-state index in [-0.39, 0.29) is 4.87 Å². The molecule has 3 atom stereocenters. The number of alkyl halides is 2. The molecule has 3 aliphatic carbocycles. The second-order valence-electron chi connectivity index (χ2n) is 5.01. The Morgan fingerprint density at radius 2 is 2.08 bits per heavy atom. The van der Waals surface area contributed by atoms with Crippen molar-refractivity contribution in [2.24, 2.45) is 17.3 Å². The monoisotopic (exact) mass is 206 g/mol. The first-order chi connectivity index (χ1) is 5.50. The van der Waals surface area contributed by atoms with Crippen LogP contribution in [0.1, 0.15) is 33.1 Å². The van der Waals surface area contributed by atoms with Gasteiger partial charge in [0.1, 0.15) is 0 Å². The molecule has 0 saturated heterocycles. The number of hydrogen-bond donors (Lipinski definition) is 0. The quantitative estimate of drug-likeness (QED) is 0.575. The molecule has 3 unspecified atom stereocenters. The molecule has 3 fully saturated rings. The van der Waals surface area contributed by atoms with Crippen LogP contribution in [0, 0.1) is 17.3 Å². The first kappa shape index (κ1) is 9.15. The zero-order valence-corrected chi connectivity index (χ0v) is 9.25. The Bertz CT molecular complexity index is 198. The van der Waals surface area contributed by atoms with Gasteiger partial charge in [0.2, 0.25) is 0 Å². The number of fused-ring (bicyclic) bond motifs is 2. The highest BCUT2D eigenvalue weighted by Gasteiger charge is 2.60. The van der Waals surface area contributed by atoms with Gasteiger partial charge in [-0.25, -0.2) is 0 Å². The molecule has 0 aromatic carbocycles. The topological polar surface area (TPSA) is 0 Å². The highest BCUT2D eigenvalue weighted by Crippen LogP contribution is 2.64. The van der Waals surface area contributed by atoms with Crippen LogP contribution in [0.3, 0.4) is 0 Å². The predicted molar refractivity (Wildman–Crippen MR) is 53.9 cm³/mol. The molecule has 70 valence electrons.